The Labute approximate surface area is 159 Å². The van der Waals surface area contributed by atoms with Crippen molar-refractivity contribution in [1.29, 1.82) is 0 Å². The van der Waals surface area contributed by atoms with E-state index in [0.717, 1.165) is 16.7 Å². The Hall–Kier alpha value is -3.06. The normalized spacial score (nSPS) is 15.8. The number of thiophene rings is 1. The summed E-state index contributed by atoms with van der Waals surface area (Å²) in [6.07, 6.45) is 3.76. The minimum Gasteiger partial charge on any atom is -0.321 e. The average molecular weight is 381 g/mol. The fourth-order valence-electron chi connectivity index (χ4n) is 3.31. The van der Waals surface area contributed by atoms with Crippen molar-refractivity contribution in [3.63, 3.8) is 0 Å². The zero-order chi connectivity index (χ0) is 19.0. The Bertz CT molecular complexity index is 1020. The molecule has 1 atom stereocenters. The summed E-state index contributed by atoms with van der Waals surface area (Å²) in [5.74, 6) is -0.857. The van der Waals surface area contributed by atoms with Crippen LogP contribution in [0.25, 0.3) is 0 Å². The number of nitrogens with one attached hydrogen (secondary N) is 2. The Balaban J connectivity index is 1.69. The number of pyridine rings is 1. The molecule has 5 nitrogen and oxygen atoms in total. The van der Waals surface area contributed by atoms with Crippen LogP contribution in [0, 0.1) is 12.7 Å². The van der Waals surface area contributed by atoms with Crippen LogP contribution < -0.4 is 10.6 Å². The van der Waals surface area contributed by atoms with Gasteiger partial charge in [0.1, 0.15) is 5.82 Å². The molecular weight excluding hydrogens is 365 g/mol. The molecule has 1 aliphatic heterocycles. The smallest absolute Gasteiger partial charge is 0.266 e. The van der Waals surface area contributed by atoms with Crippen LogP contribution in [0.2, 0.25) is 0 Å². The average Bonchev–Trinajstić information content (AvgIpc) is 3.00. The standard InChI is InChI=1S/C20H16FN3O2S/c1-11-17-15(12-3-2-8-22-10-12)9-16(25)24-20(17)27-18(11)19(26)23-14-6-4-13(21)5-7-14/h2-8,10,15H,9H2,1H3,(H,23,26)(H,24,25)/t15-/m1/s1. The van der Waals surface area contributed by atoms with Gasteiger partial charge in [0, 0.05) is 30.4 Å². The monoisotopic (exact) mass is 381 g/mol. The first-order valence-corrected chi connectivity index (χ1v) is 9.24. The topological polar surface area (TPSA) is 71.1 Å². The SMILES string of the molecule is Cc1c(C(=O)Nc2ccc(F)cc2)sc2c1[C@@H](c1cccnc1)CC(=O)N2. The summed E-state index contributed by atoms with van der Waals surface area (Å²) in [6, 6.07) is 9.38. The maximum absolute atomic E-state index is 13.1. The van der Waals surface area contributed by atoms with Gasteiger partial charge in [0.2, 0.25) is 5.91 Å². The van der Waals surface area contributed by atoms with E-state index in [4.69, 9.17) is 0 Å². The Morgan fingerprint density at radius 1 is 1.30 bits per heavy atom. The number of halogens is 1. The number of nitrogens with zero attached hydrogens (tertiary/aromatic N) is 1. The van der Waals surface area contributed by atoms with Crippen molar-refractivity contribution < 1.29 is 14.0 Å². The number of fused-ring (bicyclic) bond motifs is 1. The molecule has 1 aromatic carbocycles. The van der Waals surface area contributed by atoms with Crippen LogP contribution in [0.5, 0.6) is 0 Å². The van der Waals surface area contributed by atoms with Crippen molar-refractivity contribution in [1.82, 2.24) is 4.98 Å². The van der Waals surface area contributed by atoms with E-state index in [0.29, 0.717) is 22.0 Å². The molecule has 0 saturated carbocycles. The molecule has 0 aliphatic carbocycles. The molecule has 1 aliphatic rings. The van der Waals surface area contributed by atoms with Crippen LogP contribution in [-0.2, 0) is 4.79 Å². The van der Waals surface area contributed by atoms with Gasteiger partial charge in [-0.2, -0.15) is 0 Å². The van der Waals surface area contributed by atoms with Crippen molar-refractivity contribution in [3.8, 4) is 0 Å². The molecule has 0 unspecified atom stereocenters. The van der Waals surface area contributed by atoms with E-state index >= 15 is 0 Å². The number of aromatic nitrogens is 1. The van der Waals surface area contributed by atoms with E-state index in [1.54, 1.807) is 12.4 Å². The lowest BCUT2D eigenvalue weighted by Crippen LogP contribution is -2.22. The van der Waals surface area contributed by atoms with Crippen molar-refractivity contribution in [2.24, 2.45) is 0 Å². The molecule has 0 spiro atoms. The van der Waals surface area contributed by atoms with E-state index in [9.17, 15) is 14.0 Å². The largest absolute Gasteiger partial charge is 0.321 e. The summed E-state index contributed by atoms with van der Waals surface area (Å²) in [7, 11) is 0. The first-order chi connectivity index (χ1) is 13.0. The van der Waals surface area contributed by atoms with Crippen molar-refractivity contribution in [2.45, 2.75) is 19.3 Å². The summed E-state index contributed by atoms with van der Waals surface area (Å²) in [4.78, 5) is 29.6. The fourth-order valence-corrected chi connectivity index (χ4v) is 4.49. The minimum atomic E-state index is -0.363. The molecule has 3 heterocycles. The third-order valence-electron chi connectivity index (χ3n) is 4.58. The molecule has 2 amide bonds. The highest BCUT2D eigenvalue weighted by molar-refractivity contribution is 7.18. The van der Waals surface area contributed by atoms with Gasteiger partial charge in [-0.05, 0) is 53.9 Å². The third-order valence-corrected chi connectivity index (χ3v) is 5.80. The van der Waals surface area contributed by atoms with Crippen LogP contribution in [0.15, 0.2) is 48.8 Å². The maximum Gasteiger partial charge on any atom is 0.266 e. The number of carbonyl (C=O) groups is 2. The molecule has 136 valence electrons. The maximum atomic E-state index is 13.1. The van der Waals surface area contributed by atoms with Crippen LogP contribution in [0.3, 0.4) is 0 Å². The molecular formula is C20H16FN3O2S. The first-order valence-electron chi connectivity index (χ1n) is 8.43. The van der Waals surface area contributed by atoms with Crippen LogP contribution in [0.1, 0.15) is 38.7 Å². The van der Waals surface area contributed by atoms with Gasteiger partial charge in [-0.15, -0.1) is 11.3 Å². The van der Waals surface area contributed by atoms with E-state index in [1.165, 1.54) is 35.6 Å². The van der Waals surface area contributed by atoms with E-state index in [2.05, 4.69) is 15.6 Å². The van der Waals surface area contributed by atoms with Gasteiger partial charge in [0.05, 0.1) is 9.88 Å². The lowest BCUT2D eigenvalue weighted by molar-refractivity contribution is -0.116. The summed E-state index contributed by atoms with van der Waals surface area (Å²) in [6.45, 7) is 1.88. The quantitative estimate of drug-likeness (QED) is 0.710. The van der Waals surface area contributed by atoms with Crippen molar-refractivity contribution >= 4 is 33.8 Å². The van der Waals surface area contributed by atoms with E-state index < -0.39 is 0 Å². The van der Waals surface area contributed by atoms with Gasteiger partial charge in [0.15, 0.2) is 0 Å². The fraction of sp³-hybridized carbons (Fsp3) is 0.150. The lowest BCUT2D eigenvalue weighted by atomic mass is 9.85. The van der Waals surface area contributed by atoms with Gasteiger partial charge >= 0.3 is 0 Å². The zero-order valence-electron chi connectivity index (χ0n) is 14.5. The summed E-state index contributed by atoms with van der Waals surface area (Å²) < 4.78 is 13.1. The van der Waals surface area contributed by atoms with E-state index in [-0.39, 0.29) is 23.5 Å². The Morgan fingerprint density at radius 3 is 2.78 bits per heavy atom. The van der Waals surface area contributed by atoms with Crippen LogP contribution in [0.4, 0.5) is 15.1 Å². The van der Waals surface area contributed by atoms with Crippen molar-refractivity contribution in [2.75, 3.05) is 10.6 Å². The minimum absolute atomic E-state index is 0.0805. The third kappa shape index (κ3) is 3.33. The van der Waals surface area contributed by atoms with Crippen molar-refractivity contribution in [3.05, 3.63) is 76.2 Å². The highest BCUT2D eigenvalue weighted by Crippen LogP contribution is 2.45. The number of hydrogen-bond donors (Lipinski definition) is 2. The highest BCUT2D eigenvalue weighted by Gasteiger charge is 2.32. The number of rotatable bonds is 3. The molecule has 0 bridgehead atoms. The molecule has 0 radical (unpaired) electrons. The molecule has 0 fully saturated rings. The van der Waals surface area contributed by atoms with Gasteiger partial charge in [-0.25, -0.2) is 4.39 Å². The number of amides is 2. The molecule has 4 rings (SSSR count). The van der Waals surface area contributed by atoms with Crippen LogP contribution in [-0.4, -0.2) is 16.8 Å². The number of benzene rings is 1. The molecule has 2 aromatic heterocycles. The van der Waals surface area contributed by atoms with Gasteiger partial charge in [-0.1, -0.05) is 6.07 Å². The Morgan fingerprint density at radius 2 is 2.07 bits per heavy atom. The summed E-state index contributed by atoms with van der Waals surface area (Å²) in [5.41, 5.74) is 3.25. The Kier molecular flexibility index (Phi) is 4.45. The predicted octanol–water partition coefficient (Wildman–Crippen LogP) is 4.32. The molecule has 27 heavy (non-hydrogen) atoms. The zero-order valence-corrected chi connectivity index (χ0v) is 15.3. The molecule has 7 heteroatoms. The lowest BCUT2D eigenvalue weighted by Gasteiger charge is -2.23. The number of carbonyl (C=O) groups excluding carboxylic acids is 2. The summed E-state index contributed by atoms with van der Waals surface area (Å²) in [5, 5.41) is 6.35. The number of anilines is 2. The highest BCUT2D eigenvalue weighted by atomic mass is 32.1. The van der Waals surface area contributed by atoms with E-state index in [1.807, 2.05) is 19.1 Å². The van der Waals surface area contributed by atoms with Gasteiger partial charge in [-0.3, -0.25) is 14.6 Å². The predicted molar refractivity (Wildman–Crippen MR) is 103 cm³/mol. The van der Waals surface area contributed by atoms with Gasteiger partial charge in [0.25, 0.3) is 5.91 Å². The van der Waals surface area contributed by atoms with Gasteiger partial charge < -0.3 is 10.6 Å². The molecule has 0 saturated heterocycles. The second-order valence-electron chi connectivity index (χ2n) is 6.35. The van der Waals surface area contributed by atoms with Crippen LogP contribution >= 0.6 is 11.3 Å². The first kappa shape index (κ1) is 17.4. The molecule has 2 N–H and O–H groups in total. The summed E-state index contributed by atoms with van der Waals surface area (Å²) >= 11 is 1.26. The second kappa shape index (κ2) is 6.92. The second-order valence-corrected chi connectivity index (χ2v) is 7.37. The molecule has 3 aromatic rings. The number of hydrogen-bond acceptors (Lipinski definition) is 4.